The summed E-state index contributed by atoms with van der Waals surface area (Å²) in [5, 5.41) is 3.98. The molecular weight excluding hydrogens is 334 g/mol. The molecule has 2 aliphatic heterocycles. The molecule has 25 heavy (non-hydrogen) atoms. The molecule has 0 bridgehead atoms. The number of carbonyl (C=O) groups excluding carboxylic acids is 1. The van der Waals surface area contributed by atoms with Crippen molar-refractivity contribution in [3.05, 3.63) is 30.3 Å². The normalized spacial score (nSPS) is 22.5. The predicted octanol–water partition coefficient (Wildman–Crippen LogP) is 2.00. The molecule has 132 valence electrons. The number of benzene rings is 1. The van der Waals surface area contributed by atoms with E-state index in [1.165, 1.54) is 11.5 Å². The molecule has 7 heteroatoms. The SMILES string of the molecule is O=C1CCC(N2CCN(c3nc(-c4ccccc4)ns3)CC2)CCN1. The quantitative estimate of drug-likeness (QED) is 0.910. The van der Waals surface area contributed by atoms with Crippen molar-refractivity contribution in [2.75, 3.05) is 37.6 Å². The van der Waals surface area contributed by atoms with Crippen LogP contribution in [0.2, 0.25) is 0 Å². The number of rotatable bonds is 3. The average Bonchev–Trinajstić information content (AvgIpc) is 3.06. The Bertz CT molecular complexity index is 711. The number of nitrogens with one attached hydrogen (secondary N) is 1. The van der Waals surface area contributed by atoms with Crippen molar-refractivity contribution in [2.45, 2.75) is 25.3 Å². The lowest BCUT2D eigenvalue weighted by molar-refractivity contribution is -0.120. The summed E-state index contributed by atoms with van der Waals surface area (Å²) in [6.07, 6.45) is 2.69. The third-order valence-corrected chi connectivity index (χ3v) is 5.83. The number of nitrogens with zero attached hydrogens (tertiary/aromatic N) is 4. The summed E-state index contributed by atoms with van der Waals surface area (Å²) in [7, 11) is 0. The lowest BCUT2D eigenvalue weighted by atomic mass is 10.1. The van der Waals surface area contributed by atoms with Crippen LogP contribution >= 0.6 is 11.5 Å². The Morgan fingerprint density at radius 2 is 1.88 bits per heavy atom. The number of aromatic nitrogens is 2. The van der Waals surface area contributed by atoms with Gasteiger partial charge in [0.05, 0.1) is 0 Å². The van der Waals surface area contributed by atoms with Crippen molar-refractivity contribution >= 4 is 22.6 Å². The highest BCUT2D eigenvalue weighted by Gasteiger charge is 2.27. The van der Waals surface area contributed by atoms with E-state index in [9.17, 15) is 4.79 Å². The number of hydrogen-bond acceptors (Lipinski definition) is 6. The Labute approximate surface area is 152 Å². The maximum Gasteiger partial charge on any atom is 0.220 e. The van der Waals surface area contributed by atoms with Gasteiger partial charge in [-0.25, -0.2) is 0 Å². The zero-order valence-electron chi connectivity index (χ0n) is 14.2. The Morgan fingerprint density at radius 3 is 2.68 bits per heavy atom. The van der Waals surface area contributed by atoms with E-state index in [0.717, 1.165) is 62.1 Å². The second-order valence-corrected chi connectivity index (χ2v) is 7.35. The fourth-order valence-corrected chi connectivity index (χ4v) is 4.34. The lowest BCUT2D eigenvalue weighted by Crippen LogP contribution is -2.50. The van der Waals surface area contributed by atoms with Crippen LogP contribution in [0.15, 0.2) is 30.3 Å². The zero-order valence-corrected chi connectivity index (χ0v) is 15.0. The third-order valence-electron chi connectivity index (χ3n) is 5.05. The van der Waals surface area contributed by atoms with E-state index in [2.05, 4.69) is 19.5 Å². The second-order valence-electron chi connectivity index (χ2n) is 6.62. The summed E-state index contributed by atoms with van der Waals surface area (Å²) in [5.41, 5.74) is 1.07. The number of anilines is 1. The molecule has 1 aromatic heterocycles. The molecule has 1 amide bonds. The van der Waals surface area contributed by atoms with Gasteiger partial charge >= 0.3 is 0 Å². The Morgan fingerprint density at radius 1 is 1.08 bits per heavy atom. The Kier molecular flexibility index (Phi) is 4.94. The van der Waals surface area contributed by atoms with Crippen molar-refractivity contribution in [2.24, 2.45) is 0 Å². The molecule has 2 saturated heterocycles. The highest BCUT2D eigenvalue weighted by molar-refractivity contribution is 7.09. The van der Waals surface area contributed by atoms with E-state index >= 15 is 0 Å². The van der Waals surface area contributed by atoms with Gasteiger partial charge in [-0.05, 0) is 12.8 Å². The van der Waals surface area contributed by atoms with Gasteiger partial charge < -0.3 is 10.2 Å². The molecule has 0 saturated carbocycles. The molecule has 2 aliphatic rings. The molecule has 4 rings (SSSR count). The van der Waals surface area contributed by atoms with Crippen LogP contribution in [0, 0.1) is 0 Å². The molecule has 1 N–H and O–H groups in total. The molecule has 0 spiro atoms. The molecule has 0 radical (unpaired) electrons. The molecular formula is C18H23N5OS. The lowest BCUT2D eigenvalue weighted by Gasteiger charge is -2.38. The van der Waals surface area contributed by atoms with E-state index in [0.29, 0.717) is 12.5 Å². The first-order valence-electron chi connectivity index (χ1n) is 8.94. The minimum Gasteiger partial charge on any atom is -0.356 e. The van der Waals surface area contributed by atoms with Crippen molar-refractivity contribution in [1.29, 1.82) is 0 Å². The van der Waals surface area contributed by atoms with Gasteiger partial charge in [-0.1, -0.05) is 30.3 Å². The fourth-order valence-electron chi connectivity index (χ4n) is 3.60. The van der Waals surface area contributed by atoms with Gasteiger partial charge in [0, 0.05) is 62.3 Å². The van der Waals surface area contributed by atoms with Gasteiger partial charge in [0.2, 0.25) is 11.0 Å². The molecule has 3 heterocycles. The van der Waals surface area contributed by atoms with E-state index in [1.807, 2.05) is 30.3 Å². The van der Waals surface area contributed by atoms with Crippen LogP contribution in [0.1, 0.15) is 19.3 Å². The first kappa shape index (κ1) is 16.5. The second kappa shape index (κ2) is 7.49. The summed E-state index contributed by atoms with van der Waals surface area (Å²) in [6.45, 7) is 4.81. The van der Waals surface area contributed by atoms with Crippen LogP contribution in [0.3, 0.4) is 0 Å². The van der Waals surface area contributed by atoms with Crippen LogP contribution < -0.4 is 10.2 Å². The van der Waals surface area contributed by atoms with Crippen LogP contribution in [-0.2, 0) is 4.79 Å². The topological polar surface area (TPSA) is 61.4 Å². The number of carbonyl (C=O) groups is 1. The fraction of sp³-hybridized carbons (Fsp3) is 0.500. The molecule has 0 aliphatic carbocycles. The van der Waals surface area contributed by atoms with Crippen LogP contribution in [0.5, 0.6) is 0 Å². The van der Waals surface area contributed by atoms with Gasteiger partial charge in [-0.15, -0.1) is 0 Å². The highest BCUT2D eigenvalue weighted by atomic mass is 32.1. The van der Waals surface area contributed by atoms with Gasteiger partial charge in [0.15, 0.2) is 5.82 Å². The van der Waals surface area contributed by atoms with Gasteiger partial charge in [0.1, 0.15) is 0 Å². The maximum absolute atomic E-state index is 11.5. The largest absolute Gasteiger partial charge is 0.356 e. The molecule has 1 aromatic carbocycles. The van der Waals surface area contributed by atoms with E-state index in [1.54, 1.807) is 0 Å². The average molecular weight is 357 g/mol. The summed E-state index contributed by atoms with van der Waals surface area (Å²) < 4.78 is 4.52. The smallest absolute Gasteiger partial charge is 0.220 e. The van der Waals surface area contributed by atoms with Gasteiger partial charge in [-0.2, -0.15) is 9.36 Å². The first-order valence-corrected chi connectivity index (χ1v) is 9.72. The zero-order chi connectivity index (χ0) is 17.1. The summed E-state index contributed by atoms with van der Waals surface area (Å²) in [4.78, 5) is 21.1. The minimum atomic E-state index is 0.198. The first-order chi connectivity index (χ1) is 12.3. The van der Waals surface area contributed by atoms with Crippen LogP contribution in [0.25, 0.3) is 11.4 Å². The number of hydrogen-bond donors (Lipinski definition) is 1. The van der Waals surface area contributed by atoms with E-state index in [4.69, 9.17) is 4.98 Å². The third kappa shape index (κ3) is 3.82. The Hall–Kier alpha value is -1.99. The standard InChI is InChI=1S/C18H23N5OS/c24-16-7-6-15(8-9-19-16)22-10-12-23(13-11-22)18-20-17(21-25-18)14-4-2-1-3-5-14/h1-5,15H,6-13H2,(H,19,24). The van der Waals surface area contributed by atoms with Crippen LogP contribution in [0.4, 0.5) is 5.13 Å². The molecule has 2 aromatic rings. The van der Waals surface area contributed by atoms with E-state index < -0.39 is 0 Å². The maximum atomic E-state index is 11.5. The summed E-state index contributed by atoms with van der Waals surface area (Å²) in [6, 6.07) is 10.7. The van der Waals surface area contributed by atoms with Crippen molar-refractivity contribution in [1.82, 2.24) is 19.6 Å². The summed E-state index contributed by atoms with van der Waals surface area (Å²) in [5.74, 6) is 1.01. The number of amides is 1. The highest BCUT2D eigenvalue weighted by Crippen LogP contribution is 2.25. The van der Waals surface area contributed by atoms with Gasteiger partial charge in [-0.3, -0.25) is 9.69 Å². The molecule has 6 nitrogen and oxygen atoms in total. The minimum absolute atomic E-state index is 0.198. The van der Waals surface area contributed by atoms with Gasteiger partial charge in [0.25, 0.3) is 0 Å². The molecule has 1 atom stereocenters. The molecule has 1 unspecified atom stereocenters. The van der Waals surface area contributed by atoms with E-state index in [-0.39, 0.29) is 5.91 Å². The molecule has 2 fully saturated rings. The number of piperazine rings is 1. The van der Waals surface area contributed by atoms with Crippen molar-refractivity contribution in [3.8, 4) is 11.4 Å². The summed E-state index contributed by atoms with van der Waals surface area (Å²) >= 11 is 1.48. The monoisotopic (exact) mass is 357 g/mol. The van der Waals surface area contributed by atoms with Crippen molar-refractivity contribution < 1.29 is 4.79 Å². The Balaban J connectivity index is 1.36. The van der Waals surface area contributed by atoms with Crippen molar-refractivity contribution in [3.63, 3.8) is 0 Å². The predicted molar refractivity (Wildman–Crippen MR) is 99.8 cm³/mol. The van der Waals surface area contributed by atoms with Crippen LogP contribution in [-0.4, -0.2) is 58.9 Å².